The van der Waals surface area contributed by atoms with Crippen LogP contribution in [0.4, 0.5) is 5.82 Å². The van der Waals surface area contributed by atoms with Crippen LogP contribution in [0, 0.1) is 0 Å². The summed E-state index contributed by atoms with van der Waals surface area (Å²) in [5.41, 5.74) is 0.0754. The Hall–Kier alpha value is -2.83. The molecule has 0 spiro atoms. The molecule has 1 amide bonds. The number of hydrogen-bond donors (Lipinski definition) is 1. The van der Waals surface area contributed by atoms with E-state index in [-0.39, 0.29) is 18.1 Å². The smallest absolute Gasteiger partial charge is 0.343 e. The molecular formula is C18H23N3O4. The van der Waals surface area contributed by atoms with Crippen molar-refractivity contribution in [2.24, 2.45) is 7.05 Å². The van der Waals surface area contributed by atoms with Gasteiger partial charge in [0.25, 0.3) is 0 Å². The number of para-hydroxylation sites is 1. The van der Waals surface area contributed by atoms with Gasteiger partial charge in [-0.2, -0.15) is 5.10 Å². The molecule has 7 heteroatoms. The molecule has 0 aliphatic carbocycles. The van der Waals surface area contributed by atoms with Crippen LogP contribution in [0.1, 0.15) is 36.7 Å². The number of esters is 1. The molecule has 0 atom stereocenters. The van der Waals surface area contributed by atoms with Crippen molar-refractivity contribution in [2.75, 3.05) is 19.0 Å². The highest BCUT2D eigenvalue weighted by molar-refractivity contribution is 6.03. The Morgan fingerprint density at radius 3 is 2.60 bits per heavy atom. The Kier molecular flexibility index (Phi) is 5.46. The van der Waals surface area contributed by atoms with Crippen LogP contribution in [0.2, 0.25) is 0 Å². The number of aromatic nitrogens is 2. The van der Waals surface area contributed by atoms with E-state index < -0.39 is 11.4 Å². The Labute approximate surface area is 146 Å². The van der Waals surface area contributed by atoms with Gasteiger partial charge in [0.1, 0.15) is 17.1 Å². The largest absolute Gasteiger partial charge is 0.496 e. The average Bonchev–Trinajstić information content (AvgIpc) is 2.95. The molecule has 25 heavy (non-hydrogen) atoms. The van der Waals surface area contributed by atoms with Gasteiger partial charge in [0.05, 0.1) is 25.3 Å². The van der Waals surface area contributed by atoms with Gasteiger partial charge in [-0.05, 0) is 26.8 Å². The number of nitrogens with zero attached hydrogens (tertiary/aromatic N) is 2. The van der Waals surface area contributed by atoms with E-state index in [0.29, 0.717) is 11.6 Å². The van der Waals surface area contributed by atoms with E-state index in [2.05, 4.69) is 10.4 Å². The van der Waals surface area contributed by atoms with Crippen molar-refractivity contribution in [3.05, 3.63) is 41.6 Å². The van der Waals surface area contributed by atoms with Crippen LogP contribution in [0.25, 0.3) is 0 Å². The van der Waals surface area contributed by atoms with Crippen LogP contribution in [0.15, 0.2) is 30.5 Å². The predicted octanol–water partition coefficient (Wildman–Crippen LogP) is 2.52. The predicted molar refractivity (Wildman–Crippen MR) is 93.8 cm³/mol. The van der Waals surface area contributed by atoms with Crippen LogP contribution in [0.3, 0.4) is 0 Å². The van der Waals surface area contributed by atoms with Crippen LogP contribution >= 0.6 is 0 Å². The minimum absolute atomic E-state index is 0.216. The molecule has 0 saturated carbocycles. The van der Waals surface area contributed by atoms with E-state index in [1.165, 1.54) is 10.9 Å². The van der Waals surface area contributed by atoms with Crippen molar-refractivity contribution in [1.82, 2.24) is 9.78 Å². The molecule has 1 aromatic heterocycles. The second-order valence-electron chi connectivity index (χ2n) is 6.03. The topological polar surface area (TPSA) is 82.5 Å². The summed E-state index contributed by atoms with van der Waals surface area (Å²) in [6.45, 7) is 5.55. The fourth-order valence-corrected chi connectivity index (χ4v) is 2.49. The van der Waals surface area contributed by atoms with Crippen LogP contribution in [-0.4, -0.2) is 35.4 Å². The first-order chi connectivity index (χ1) is 11.8. The van der Waals surface area contributed by atoms with Gasteiger partial charge in [0, 0.05) is 12.6 Å². The number of hydrogen-bond acceptors (Lipinski definition) is 5. The number of carbonyl (C=O) groups is 2. The van der Waals surface area contributed by atoms with Crippen molar-refractivity contribution < 1.29 is 19.1 Å². The number of ether oxygens (including phenoxy) is 2. The molecule has 0 unspecified atom stereocenters. The first-order valence-electron chi connectivity index (χ1n) is 7.97. The maximum Gasteiger partial charge on any atom is 0.343 e. The number of amides is 1. The number of benzene rings is 1. The van der Waals surface area contributed by atoms with Gasteiger partial charge in [-0.1, -0.05) is 18.2 Å². The van der Waals surface area contributed by atoms with Gasteiger partial charge in [0.15, 0.2) is 0 Å². The number of nitrogens with one attached hydrogen (secondary N) is 1. The lowest BCUT2D eigenvalue weighted by Gasteiger charge is -2.26. The minimum Gasteiger partial charge on any atom is -0.496 e. The molecular weight excluding hydrogens is 322 g/mol. The van der Waals surface area contributed by atoms with Gasteiger partial charge in [-0.15, -0.1) is 0 Å². The average molecular weight is 345 g/mol. The molecule has 1 heterocycles. The summed E-state index contributed by atoms with van der Waals surface area (Å²) >= 11 is 0. The van der Waals surface area contributed by atoms with Crippen molar-refractivity contribution in [3.63, 3.8) is 0 Å². The zero-order valence-electron chi connectivity index (χ0n) is 15.1. The highest BCUT2D eigenvalue weighted by Gasteiger charge is 2.34. The number of rotatable bonds is 6. The number of aryl methyl sites for hydroxylation is 1. The van der Waals surface area contributed by atoms with Gasteiger partial charge in [-0.3, -0.25) is 9.48 Å². The van der Waals surface area contributed by atoms with Crippen molar-refractivity contribution in [1.29, 1.82) is 0 Å². The molecule has 0 bridgehead atoms. The van der Waals surface area contributed by atoms with E-state index in [1.807, 2.05) is 18.2 Å². The monoisotopic (exact) mass is 345 g/mol. The fraction of sp³-hybridized carbons (Fsp3) is 0.389. The van der Waals surface area contributed by atoms with Crippen molar-refractivity contribution in [2.45, 2.75) is 26.2 Å². The maximum atomic E-state index is 12.9. The molecule has 1 N–H and O–H groups in total. The molecule has 0 radical (unpaired) electrons. The molecule has 7 nitrogen and oxygen atoms in total. The minimum atomic E-state index is -0.886. The summed E-state index contributed by atoms with van der Waals surface area (Å²) < 4.78 is 11.8. The molecule has 134 valence electrons. The summed E-state index contributed by atoms with van der Waals surface area (Å²) in [5.74, 6) is 0.108. The van der Waals surface area contributed by atoms with Crippen molar-refractivity contribution >= 4 is 17.7 Å². The third-order valence-corrected chi connectivity index (χ3v) is 4.01. The molecule has 2 rings (SSSR count). The van der Waals surface area contributed by atoms with E-state index in [0.717, 1.165) is 5.56 Å². The van der Waals surface area contributed by atoms with Gasteiger partial charge < -0.3 is 14.8 Å². The third-order valence-electron chi connectivity index (χ3n) is 4.01. The van der Waals surface area contributed by atoms with Crippen LogP contribution in [-0.2, 0) is 22.0 Å². The van der Waals surface area contributed by atoms with Crippen LogP contribution in [0.5, 0.6) is 5.75 Å². The quantitative estimate of drug-likeness (QED) is 0.814. The summed E-state index contributed by atoms with van der Waals surface area (Å²) in [7, 11) is 3.21. The summed E-state index contributed by atoms with van der Waals surface area (Å²) in [4.78, 5) is 25.0. The van der Waals surface area contributed by atoms with E-state index in [9.17, 15) is 9.59 Å². The van der Waals surface area contributed by atoms with Gasteiger partial charge in [0.2, 0.25) is 5.91 Å². The van der Waals surface area contributed by atoms with Gasteiger partial charge in [-0.25, -0.2) is 4.79 Å². The highest BCUT2D eigenvalue weighted by atomic mass is 16.5. The van der Waals surface area contributed by atoms with E-state index in [1.54, 1.807) is 41.0 Å². The summed E-state index contributed by atoms with van der Waals surface area (Å²) in [5, 5.41) is 6.83. The lowest BCUT2D eigenvalue weighted by molar-refractivity contribution is -0.120. The third kappa shape index (κ3) is 3.65. The zero-order chi connectivity index (χ0) is 18.6. The molecule has 2 aromatic rings. The summed E-state index contributed by atoms with van der Waals surface area (Å²) in [6, 6.07) is 7.34. The van der Waals surface area contributed by atoms with E-state index in [4.69, 9.17) is 9.47 Å². The fourth-order valence-electron chi connectivity index (χ4n) is 2.49. The molecule has 0 fully saturated rings. The highest BCUT2D eigenvalue weighted by Crippen LogP contribution is 2.32. The maximum absolute atomic E-state index is 12.9. The molecule has 0 aliphatic rings. The Bertz CT molecular complexity index is 780. The zero-order valence-corrected chi connectivity index (χ0v) is 15.1. The first kappa shape index (κ1) is 18.5. The second-order valence-corrected chi connectivity index (χ2v) is 6.03. The van der Waals surface area contributed by atoms with E-state index >= 15 is 0 Å². The molecule has 1 aromatic carbocycles. The molecule has 0 saturated heterocycles. The standard InChI is InChI=1S/C18H23N3O4/c1-6-25-16(22)12-11-19-21(4)15(12)20-17(23)18(2,3)13-9-7-8-10-14(13)24-5/h7-11H,6H2,1-5H3,(H,20,23). The van der Waals surface area contributed by atoms with Crippen molar-refractivity contribution in [3.8, 4) is 5.75 Å². The normalized spacial score (nSPS) is 11.1. The number of methoxy groups -OCH3 is 1. The summed E-state index contributed by atoms with van der Waals surface area (Å²) in [6.07, 6.45) is 1.38. The second kappa shape index (κ2) is 7.38. The Balaban J connectivity index is 2.33. The number of carbonyl (C=O) groups excluding carboxylic acids is 2. The number of anilines is 1. The lowest BCUT2D eigenvalue weighted by Crippen LogP contribution is -2.36. The lowest BCUT2D eigenvalue weighted by atomic mass is 9.83. The SMILES string of the molecule is CCOC(=O)c1cnn(C)c1NC(=O)C(C)(C)c1ccccc1OC. The van der Waals surface area contributed by atoms with Crippen LogP contribution < -0.4 is 10.1 Å². The van der Waals surface area contributed by atoms with Gasteiger partial charge >= 0.3 is 5.97 Å². The first-order valence-corrected chi connectivity index (χ1v) is 7.97. The Morgan fingerprint density at radius 2 is 1.96 bits per heavy atom. The Morgan fingerprint density at radius 1 is 1.28 bits per heavy atom. The molecule has 0 aliphatic heterocycles.